The number of carbonyl (C=O) groups is 1. The molecule has 0 aliphatic carbocycles. The van der Waals surface area contributed by atoms with Crippen LogP contribution in [0.5, 0.6) is 5.75 Å². The third-order valence-electron chi connectivity index (χ3n) is 7.71. The Labute approximate surface area is 329 Å². The molecule has 0 radical (unpaired) electrons. The number of azo groups is 1. The molecule has 1 heterocycles. The zero-order valence-corrected chi connectivity index (χ0v) is 32.6. The summed E-state index contributed by atoms with van der Waals surface area (Å²) in [5.74, 6) is -2.76. The van der Waals surface area contributed by atoms with Crippen LogP contribution >= 0.6 is 0 Å². The van der Waals surface area contributed by atoms with Gasteiger partial charge in [-0.3, -0.25) is 13.9 Å². The second kappa shape index (κ2) is 16.7. The van der Waals surface area contributed by atoms with Crippen molar-refractivity contribution in [2.24, 2.45) is 10.2 Å². The highest BCUT2D eigenvalue weighted by Gasteiger charge is 2.21. The van der Waals surface area contributed by atoms with Gasteiger partial charge in [-0.05, 0) is 66.4 Å². The minimum Gasteiger partial charge on any atom is -0.505 e. The van der Waals surface area contributed by atoms with Gasteiger partial charge in [0.1, 0.15) is 16.3 Å². The Kier molecular flexibility index (Phi) is 12.3. The predicted octanol–water partition coefficient (Wildman–Crippen LogP) is 5.46. The van der Waals surface area contributed by atoms with Crippen LogP contribution in [0.4, 0.5) is 44.7 Å². The number of amides is 1. The van der Waals surface area contributed by atoms with Gasteiger partial charge in [-0.1, -0.05) is 25.3 Å². The number of carbonyl (C=O) groups excluding carboxylic acids is 1. The van der Waals surface area contributed by atoms with Gasteiger partial charge in [0.2, 0.25) is 17.8 Å². The molecule has 4 aromatic carbocycles. The van der Waals surface area contributed by atoms with E-state index in [1.54, 1.807) is 0 Å². The average Bonchev–Trinajstić information content (AvgIpc) is 3.13. The molecule has 0 aliphatic rings. The lowest BCUT2D eigenvalue weighted by Crippen LogP contribution is -2.13. The Morgan fingerprint density at radius 3 is 2.10 bits per heavy atom. The second-order valence-electron chi connectivity index (χ2n) is 11.8. The minimum absolute atomic E-state index is 0.0298. The van der Waals surface area contributed by atoms with Crippen molar-refractivity contribution in [1.82, 2.24) is 15.0 Å². The number of phenols is 1. The molecule has 58 heavy (non-hydrogen) atoms. The number of sulfone groups is 2. The number of hydrogen-bond acceptors (Lipinski definition) is 17. The molecule has 304 valence electrons. The Balaban J connectivity index is 1.52. The lowest BCUT2D eigenvalue weighted by Gasteiger charge is -2.14. The van der Waals surface area contributed by atoms with Crippen LogP contribution < -0.4 is 16.0 Å². The van der Waals surface area contributed by atoms with Gasteiger partial charge in [0.15, 0.2) is 25.4 Å². The number of nitrogens with zero attached hydrogens (tertiary/aromatic N) is 5. The van der Waals surface area contributed by atoms with Crippen LogP contribution in [0.15, 0.2) is 116 Å². The molecule has 0 fully saturated rings. The van der Waals surface area contributed by atoms with Gasteiger partial charge in [-0.15, -0.1) is 10.2 Å². The van der Waals surface area contributed by atoms with E-state index in [2.05, 4.69) is 54.3 Å². The zero-order chi connectivity index (χ0) is 42.6. The number of hydrogen-bond donors (Lipinski definition) is 6. The van der Waals surface area contributed by atoms with Crippen LogP contribution in [0.1, 0.15) is 12.8 Å². The SMILES string of the molecule is C=CS(=O)(=O)CCCC(=O)Nc1ccc(S(=O)(=O)O)c(N=Nc2ccc3cc(S(=O)(=O)O)cc(Nc4nc(F)nc(Nc5cccc(S(=O)(=O)C=C)c5)n4)c3c2O)c1. The molecule has 0 saturated carbocycles. The fourth-order valence-electron chi connectivity index (χ4n) is 5.04. The van der Waals surface area contributed by atoms with Gasteiger partial charge in [0.05, 0.1) is 21.2 Å². The molecular weight excluding hydrogens is 848 g/mol. The van der Waals surface area contributed by atoms with Crippen LogP contribution in [0.25, 0.3) is 10.8 Å². The lowest BCUT2D eigenvalue weighted by molar-refractivity contribution is -0.116. The number of anilines is 5. The monoisotopic (exact) mass is 876 g/mol. The maximum Gasteiger partial charge on any atom is 0.315 e. The number of fused-ring (bicyclic) bond motifs is 1. The first kappa shape index (κ1) is 42.9. The van der Waals surface area contributed by atoms with E-state index in [4.69, 9.17) is 0 Å². The second-order valence-corrected chi connectivity index (χ2v) is 18.5. The maximum atomic E-state index is 14.7. The van der Waals surface area contributed by atoms with E-state index in [1.165, 1.54) is 30.3 Å². The molecule has 20 nitrogen and oxygen atoms in total. The van der Waals surface area contributed by atoms with Crippen molar-refractivity contribution in [2.45, 2.75) is 27.5 Å². The molecule has 0 aliphatic heterocycles. The number of aromatic hydroxyl groups is 1. The van der Waals surface area contributed by atoms with Crippen molar-refractivity contribution in [2.75, 3.05) is 21.7 Å². The highest BCUT2D eigenvalue weighted by molar-refractivity contribution is 7.94. The summed E-state index contributed by atoms with van der Waals surface area (Å²) < 4.78 is 131. The minimum atomic E-state index is -4.94. The van der Waals surface area contributed by atoms with Crippen LogP contribution in [-0.2, 0) is 44.7 Å². The van der Waals surface area contributed by atoms with Crippen LogP contribution in [-0.4, -0.2) is 74.5 Å². The summed E-state index contributed by atoms with van der Waals surface area (Å²) in [5, 5.41) is 27.9. The standard InChI is InChI=1S/C33H29FN8O12S4/c1-3-55(45,46)14-6-9-28(43)35-21-11-13-27(58(52,53)54)25(17-21)42-41-24-12-10-19-15-23(57(49,50)51)18-26(29(19)30(24)44)37-33-39-31(34)38-32(40-33)36-20-7-5-8-22(16-20)56(47,48)4-2/h3-5,7-8,10-13,15-18,44H,1-2,6,9,14H2,(H,35,43)(H,49,50,51)(H,52,53,54)(H2,36,37,38,39,40). The Hall–Kier alpha value is -6.25. The first-order valence-electron chi connectivity index (χ1n) is 16.0. The van der Waals surface area contributed by atoms with Crippen molar-refractivity contribution in [3.05, 3.63) is 96.8 Å². The van der Waals surface area contributed by atoms with Crippen molar-refractivity contribution < 1.29 is 57.1 Å². The molecule has 0 bridgehead atoms. The summed E-state index contributed by atoms with van der Waals surface area (Å²) in [6, 6.07) is 12.5. The Morgan fingerprint density at radius 2 is 1.45 bits per heavy atom. The fourth-order valence-corrected chi connectivity index (χ4v) is 7.65. The first-order valence-corrected chi connectivity index (χ1v) is 22.1. The number of nitrogens with one attached hydrogen (secondary N) is 3. The van der Waals surface area contributed by atoms with Crippen LogP contribution in [0.2, 0.25) is 0 Å². The normalized spacial score (nSPS) is 12.3. The topological polar surface area (TPSA) is 314 Å². The number of rotatable bonds is 16. The van der Waals surface area contributed by atoms with Gasteiger partial charge in [0.25, 0.3) is 20.2 Å². The van der Waals surface area contributed by atoms with E-state index in [9.17, 15) is 57.1 Å². The summed E-state index contributed by atoms with van der Waals surface area (Å²) in [4.78, 5) is 21.9. The van der Waals surface area contributed by atoms with Crippen molar-refractivity contribution >= 4 is 96.9 Å². The third kappa shape index (κ3) is 10.6. The number of halogens is 1. The molecule has 5 rings (SSSR count). The van der Waals surface area contributed by atoms with E-state index in [1.807, 2.05) is 0 Å². The van der Waals surface area contributed by atoms with Crippen molar-refractivity contribution in [3.8, 4) is 5.75 Å². The Bertz CT molecular complexity index is 2980. The maximum absolute atomic E-state index is 14.7. The molecule has 1 aromatic heterocycles. The number of benzene rings is 4. The van der Waals surface area contributed by atoms with Crippen LogP contribution in [0, 0.1) is 6.08 Å². The summed E-state index contributed by atoms with van der Waals surface area (Å²) in [5.41, 5.74) is -1.18. The smallest absolute Gasteiger partial charge is 0.315 e. The first-order chi connectivity index (χ1) is 27.1. The van der Waals surface area contributed by atoms with Gasteiger partial charge < -0.3 is 21.1 Å². The number of phenolic OH excluding ortho intramolecular Hbond substituents is 1. The van der Waals surface area contributed by atoms with Crippen molar-refractivity contribution in [3.63, 3.8) is 0 Å². The predicted molar refractivity (Wildman–Crippen MR) is 208 cm³/mol. The Morgan fingerprint density at radius 1 is 0.759 bits per heavy atom. The van der Waals surface area contributed by atoms with Gasteiger partial charge in [0, 0.05) is 34.0 Å². The molecule has 5 aromatic rings. The molecule has 0 unspecified atom stereocenters. The van der Waals surface area contributed by atoms with Gasteiger partial charge in [-0.2, -0.15) is 36.2 Å². The molecular formula is C33H29FN8O12S4. The molecule has 1 amide bonds. The molecule has 6 N–H and O–H groups in total. The third-order valence-corrected chi connectivity index (χ3v) is 12.2. The zero-order valence-electron chi connectivity index (χ0n) is 29.3. The molecule has 25 heteroatoms. The van der Waals surface area contributed by atoms with Crippen molar-refractivity contribution in [1.29, 1.82) is 0 Å². The summed E-state index contributed by atoms with van der Waals surface area (Å²) in [7, 11) is -17.3. The van der Waals surface area contributed by atoms with E-state index in [0.717, 1.165) is 47.2 Å². The largest absolute Gasteiger partial charge is 0.505 e. The van der Waals surface area contributed by atoms with Gasteiger partial charge >= 0.3 is 6.08 Å². The highest BCUT2D eigenvalue weighted by atomic mass is 32.2. The summed E-state index contributed by atoms with van der Waals surface area (Å²) in [6.45, 7) is 6.45. The fraction of sp³-hybridized carbons (Fsp3) is 0.0909. The van der Waals surface area contributed by atoms with E-state index in [-0.39, 0.29) is 57.0 Å². The molecule has 0 saturated heterocycles. The molecule has 0 spiro atoms. The lowest BCUT2D eigenvalue weighted by atomic mass is 10.1. The van der Waals surface area contributed by atoms with E-state index >= 15 is 0 Å². The number of aromatic nitrogens is 3. The van der Waals surface area contributed by atoms with E-state index < -0.39 is 85.0 Å². The average molecular weight is 877 g/mol. The van der Waals surface area contributed by atoms with Gasteiger partial charge in [-0.25, -0.2) is 16.8 Å². The van der Waals surface area contributed by atoms with Crippen LogP contribution in [0.3, 0.4) is 0 Å². The quantitative estimate of drug-likeness (QED) is 0.0529. The summed E-state index contributed by atoms with van der Waals surface area (Å²) >= 11 is 0. The van der Waals surface area contributed by atoms with E-state index in [0.29, 0.717) is 0 Å². The highest BCUT2D eigenvalue weighted by Crippen LogP contribution is 2.42. The molecule has 0 atom stereocenters. The summed E-state index contributed by atoms with van der Waals surface area (Å²) in [6.07, 6.45) is -1.66.